The summed E-state index contributed by atoms with van der Waals surface area (Å²) in [6, 6.07) is 6.13. The summed E-state index contributed by atoms with van der Waals surface area (Å²) >= 11 is 0. The van der Waals surface area contributed by atoms with Crippen LogP contribution in [0.3, 0.4) is 0 Å². The monoisotopic (exact) mass is 353 g/mol. The third-order valence-corrected chi connectivity index (χ3v) is 4.38. The summed E-state index contributed by atoms with van der Waals surface area (Å²) in [6.45, 7) is 5.06. The molecule has 8 heteroatoms. The van der Waals surface area contributed by atoms with Gasteiger partial charge in [-0.3, -0.25) is 0 Å². The molecule has 1 aromatic carbocycles. The van der Waals surface area contributed by atoms with Gasteiger partial charge in [0.05, 0.1) is 12.7 Å². The second-order valence-corrected chi connectivity index (χ2v) is 8.37. The quantitative estimate of drug-likeness (QED) is 0.765. The molecule has 1 heterocycles. The van der Waals surface area contributed by atoms with E-state index in [0.717, 1.165) is 0 Å². The molecule has 1 atom stereocenters. The first-order valence-electron chi connectivity index (χ1n) is 7.09. The number of fused-ring (bicyclic) bond motifs is 1. The van der Waals surface area contributed by atoms with Gasteiger partial charge in [0, 0.05) is 17.7 Å². The summed E-state index contributed by atoms with van der Waals surface area (Å²) < 4.78 is 31.5. The molecule has 0 bridgehead atoms. The van der Waals surface area contributed by atoms with E-state index in [1.165, 1.54) is 25.5 Å². The number of ether oxygens (including phenoxy) is 2. The van der Waals surface area contributed by atoms with E-state index in [1.807, 2.05) is 0 Å². The number of benzene rings is 1. The summed E-state index contributed by atoms with van der Waals surface area (Å²) in [6.07, 6.45) is 0.362. The van der Waals surface area contributed by atoms with Crippen LogP contribution in [0, 0.1) is 0 Å². The molecule has 0 fully saturated rings. The van der Waals surface area contributed by atoms with Gasteiger partial charge < -0.3 is 13.9 Å². The standard InChI is InChI=1S/C16H19NO6S/c1-16(2,3)23-15(19)17-24(5,20)13-9-11-8-10(14(18)21-4)6-7-12(11)22-13/h6-9H,1-5H3. The number of hydrogen-bond donors (Lipinski definition) is 0. The fourth-order valence-electron chi connectivity index (χ4n) is 1.92. The first-order valence-corrected chi connectivity index (χ1v) is 9.01. The van der Waals surface area contributed by atoms with Crippen LogP contribution in [0.1, 0.15) is 31.1 Å². The van der Waals surface area contributed by atoms with Crippen molar-refractivity contribution in [1.82, 2.24) is 0 Å². The normalized spacial score (nSPS) is 14.0. The fraction of sp³-hybridized carbons (Fsp3) is 0.375. The van der Waals surface area contributed by atoms with E-state index in [2.05, 4.69) is 9.10 Å². The Kier molecular flexibility index (Phi) is 4.70. The summed E-state index contributed by atoms with van der Waals surface area (Å²) in [5.74, 6) is -0.490. The molecule has 0 aliphatic rings. The highest BCUT2D eigenvalue weighted by Gasteiger charge is 2.20. The van der Waals surface area contributed by atoms with Crippen LogP contribution >= 0.6 is 0 Å². The van der Waals surface area contributed by atoms with Gasteiger partial charge in [0.15, 0.2) is 5.09 Å². The molecule has 2 rings (SSSR count). The van der Waals surface area contributed by atoms with Crippen molar-refractivity contribution < 1.29 is 27.7 Å². The lowest BCUT2D eigenvalue weighted by Crippen LogP contribution is -2.22. The van der Waals surface area contributed by atoms with E-state index in [4.69, 9.17) is 9.15 Å². The number of hydrogen-bond acceptors (Lipinski definition) is 6. The molecule has 0 saturated heterocycles. The Labute approximate surface area is 140 Å². The minimum atomic E-state index is -3.11. The molecule has 1 aromatic heterocycles. The van der Waals surface area contributed by atoms with Crippen molar-refractivity contribution in [2.24, 2.45) is 4.36 Å². The largest absolute Gasteiger partial charge is 0.465 e. The summed E-state index contributed by atoms with van der Waals surface area (Å²) in [5, 5.41) is 0.590. The Morgan fingerprint density at radius 2 is 1.88 bits per heavy atom. The zero-order valence-corrected chi connectivity index (χ0v) is 14.9. The lowest BCUT2D eigenvalue weighted by molar-refractivity contribution is 0.0593. The van der Waals surface area contributed by atoms with Gasteiger partial charge in [-0.15, -0.1) is 4.36 Å². The van der Waals surface area contributed by atoms with Crippen LogP contribution in [-0.4, -0.2) is 35.2 Å². The van der Waals surface area contributed by atoms with Gasteiger partial charge in [-0.2, -0.15) is 0 Å². The number of methoxy groups -OCH3 is 1. The molecule has 0 aliphatic carbocycles. The molecule has 2 aromatic rings. The van der Waals surface area contributed by atoms with Crippen LogP contribution < -0.4 is 0 Å². The highest BCUT2D eigenvalue weighted by molar-refractivity contribution is 7.93. The number of nitrogens with zero attached hydrogens (tertiary/aromatic N) is 1. The van der Waals surface area contributed by atoms with Crippen LogP contribution in [0.4, 0.5) is 4.79 Å². The van der Waals surface area contributed by atoms with Crippen LogP contribution in [0.15, 0.2) is 38.1 Å². The van der Waals surface area contributed by atoms with Crippen LogP contribution in [0.25, 0.3) is 11.0 Å². The highest BCUT2D eigenvalue weighted by Crippen LogP contribution is 2.25. The van der Waals surface area contributed by atoms with E-state index in [0.29, 0.717) is 16.5 Å². The predicted molar refractivity (Wildman–Crippen MR) is 88.5 cm³/mol. The molecular formula is C16H19NO6S. The SMILES string of the molecule is COC(=O)c1ccc2oc(S(C)(=O)=NC(=O)OC(C)(C)C)cc2c1. The smallest absolute Gasteiger partial charge is 0.442 e. The lowest BCUT2D eigenvalue weighted by atomic mass is 10.2. The van der Waals surface area contributed by atoms with E-state index >= 15 is 0 Å². The molecule has 0 N–H and O–H groups in total. The lowest BCUT2D eigenvalue weighted by Gasteiger charge is -2.17. The van der Waals surface area contributed by atoms with Gasteiger partial charge >= 0.3 is 12.1 Å². The van der Waals surface area contributed by atoms with Crippen molar-refractivity contribution in [1.29, 1.82) is 0 Å². The molecule has 24 heavy (non-hydrogen) atoms. The Morgan fingerprint density at radius 1 is 1.21 bits per heavy atom. The Morgan fingerprint density at radius 3 is 2.46 bits per heavy atom. The molecular weight excluding hydrogens is 334 g/mol. The second-order valence-electron chi connectivity index (χ2n) is 6.18. The maximum Gasteiger partial charge on any atom is 0.442 e. The van der Waals surface area contributed by atoms with Gasteiger partial charge in [0.1, 0.15) is 20.9 Å². The second kappa shape index (κ2) is 6.27. The van der Waals surface area contributed by atoms with Crippen molar-refractivity contribution in [3.05, 3.63) is 29.8 Å². The zero-order valence-electron chi connectivity index (χ0n) is 14.1. The van der Waals surface area contributed by atoms with Crippen LogP contribution in [0.2, 0.25) is 0 Å². The third-order valence-electron chi connectivity index (χ3n) is 2.93. The number of amides is 1. The third kappa shape index (κ3) is 4.14. The first-order chi connectivity index (χ1) is 11.0. The summed E-state index contributed by atoms with van der Waals surface area (Å²) in [5.41, 5.74) is 0.0232. The summed E-state index contributed by atoms with van der Waals surface area (Å²) in [4.78, 5) is 23.3. The van der Waals surface area contributed by atoms with E-state index in [1.54, 1.807) is 32.9 Å². The number of esters is 1. The number of furan rings is 1. The number of rotatable bonds is 2. The number of carbonyl (C=O) groups excluding carboxylic acids is 2. The maximum atomic E-state index is 12.7. The maximum absolute atomic E-state index is 12.7. The zero-order chi connectivity index (χ0) is 18.1. The Hall–Kier alpha value is -2.35. The molecule has 7 nitrogen and oxygen atoms in total. The molecule has 0 aliphatic heterocycles. The predicted octanol–water partition coefficient (Wildman–Crippen LogP) is 3.61. The Bertz CT molecular complexity index is 912. The van der Waals surface area contributed by atoms with Crippen molar-refractivity contribution in [3.63, 3.8) is 0 Å². The fourth-order valence-corrected chi connectivity index (χ4v) is 2.92. The topological polar surface area (TPSA) is 95.2 Å². The average molecular weight is 353 g/mol. The van der Waals surface area contributed by atoms with Gasteiger partial charge in [-0.05, 0) is 39.0 Å². The van der Waals surface area contributed by atoms with Crippen molar-refractivity contribution >= 4 is 32.8 Å². The van der Waals surface area contributed by atoms with Gasteiger partial charge in [-0.1, -0.05) is 0 Å². The van der Waals surface area contributed by atoms with Gasteiger partial charge in [-0.25, -0.2) is 13.8 Å². The summed E-state index contributed by atoms with van der Waals surface area (Å²) in [7, 11) is -1.83. The van der Waals surface area contributed by atoms with Crippen molar-refractivity contribution in [3.8, 4) is 0 Å². The number of carbonyl (C=O) groups is 2. The minimum Gasteiger partial charge on any atom is -0.465 e. The van der Waals surface area contributed by atoms with Crippen LogP contribution in [0.5, 0.6) is 0 Å². The van der Waals surface area contributed by atoms with Crippen LogP contribution in [-0.2, 0) is 19.2 Å². The van der Waals surface area contributed by atoms with Crippen molar-refractivity contribution in [2.75, 3.05) is 13.4 Å². The molecule has 0 spiro atoms. The van der Waals surface area contributed by atoms with E-state index in [-0.39, 0.29) is 5.09 Å². The first kappa shape index (κ1) is 18.0. The molecule has 130 valence electrons. The van der Waals surface area contributed by atoms with Crippen molar-refractivity contribution in [2.45, 2.75) is 31.5 Å². The molecule has 1 amide bonds. The minimum absolute atomic E-state index is 0.0328. The molecule has 1 unspecified atom stereocenters. The molecule has 0 radical (unpaired) electrons. The van der Waals surface area contributed by atoms with E-state index in [9.17, 15) is 13.8 Å². The molecule has 0 saturated carbocycles. The van der Waals surface area contributed by atoms with Gasteiger partial charge in [0.2, 0.25) is 0 Å². The van der Waals surface area contributed by atoms with Gasteiger partial charge in [0.25, 0.3) is 0 Å². The van der Waals surface area contributed by atoms with E-state index < -0.39 is 27.4 Å². The average Bonchev–Trinajstić information content (AvgIpc) is 2.87. The Balaban J connectivity index is 2.42. The highest BCUT2D eigenvalue weighted by atomic mass is 32.2.